The molecule has 0 aromatic heterocycles. The summed E-state index contributed by atoms with van der Waals surface area (Å²) in [6.45, 7) is 6.93. The maximum Gasteiger partial charge on any atom is 0.337 e. The van der Waals surface area contributed by atoms with Gasteiger partial charge in [0.15, 0.2) is 0 Å². The lowest BCUT2D eigenvalue weighted by Gasteiger charge is -2.29. The first kappa shape index (κ1) is 15.8. The zero-order chi connectivity index (χ0) is 15.6. The molecule has 116 valence electrons. The summed E-state index contributed by atoms with van der Waals surface area (Å²) in [5, 5.41) is 0. The fourth-order valence-electron chi connectivity index (χ4n) is 2.86. The number of rotatable bonds is 5. The van der Waals surface area contributed by atoms with Crippen molar-refractivity contribution in [2.24, 2.45) is 5.92 Å². The van der Waals surface area contributed by atoms with Crippen molar-refractivity contribution in [3.63, 3.8) is 0 Å². The highest BCUT2D eigenvalue weighted by atomic mass is 16.6. The Morgan fingerprint density at radius 1 is 1.29 bits per heavy atom. The van der Waals surface area contributed by atoms with Gasteiger partial charge in [-0.25, -0.2) is 9.59 Å². The van der Waals surface area contributed by atoms with Gasteiger partial charge in [0.05, 0.1) is 24.9 Å². The van der Waals surface area contributed by atoms with E-state index < -0.39 is 18.0 Å². The van der Waals surface area contributed by atoms with Crippen LogP contribution in [0.1, 0.15) is 33.1 Å². The van der Waals surface area contributed by atoms with Crippen molar-refractivity contribution in [1.82, 2.24) is 0 Å². The van der Waals surface area contributed by atoms with Crippen molar-refractivity contribution in [3.8, 4) is 0 Å². The Hall–Kier alpha value is -1.62. The molecule has 5 nitrogen and oxygen atoms in total. The molecule has 4 atom stereocenters. The molecule has 2 rings (SSSR count). The maximum absolute atomic E-state index is 11.9. The standard InChI is InChI=1S/C16H22O5/c1-5-11(16(18)19-4)14(21-15(17)9(2)3)10-6-7-12-13(8-10)20-12/h5,10,12-14H,2,6-8H2,1,3-4H3/b11-5+. The van der Waals surface area contributed by atoms with Gasteiger partial charge in [-0.1, -0.05) is 12.7 Å². The van der Waals surface area contributed by atoms with E-state index in [0.717, 1.165) is 19.3 Å². The number of epoxide rings is 1. The summed E-state index contributed by atoms with van der Waals surface area (Å²) in [4.78, 5) is 23.8. The lowest BCUT2D eigenvalue weighted by Crippen LogP contribution is -2.35. The van der Waals surface area contributed by atoms with Gasteiger partial charge in [-0.2, -0.15) is 0 Å². The average molecular weight is 294 g/mol. The van der Waals surface area contributed by atoms with Gasteiger partial charge in [-0.05, 0) is 33.1 Å². The van der Waals surface area contributed by atoms with E-state index in [9.17, 15) is 9.59 Å². The van der Waals surface area contributed by atoms with Crippen molar-refractivity contribution in [3.05, 3.63) is 23.8 Å². The molecule has 1 saturated carbocycles. The molecule has 1 saturated heterocycles. The molecular formula is C16H22O5. The molecule has 2 aliphatic rings. The second-order valence-corrected chi connectivity index (χ2v) is 5.63. The van der Waals surface area contributed by atoms with Crippen LogP contribution in [-0.4, -0.2) is 37.4 Å². The highest BCUT2D eigenvalue weighted by Gasteiger charge is 2.47. The van der Waals surface area contributed by atoms with Crippen LogP contribution in [0, 0.1) is 5.92 Å². The van der Waals surface area contributed by atoms with Gasteiger partial charge in [0, 0.05) is 11.5 Å². The predicted molar refractivity (Wildman–Crippen MR) is 76.5 cm³/mol. The highest BCUT2D eigenvalue weighted by molar-refractivity contribution is 5.91. The Kier molecular flexibility index (Phi) is 4.83. The third-order valence-corrected chi connectivity index (χ3v) is 4.09. The van der Waals surface area contributed by atoms with Gasteiger partial charge in [-0.3, -0.25) is 0 Å². The van der Waals surface area contributed by atoms with Crippen molar-refractivity contribution in [1.29, 1.82) is 0 Å². The van der Waals surface area contributed by atoms with Crippen LogP contribution in [0.3, 0.4) is 0 Å². The monoisotopic (exact) mass is 294 g/mol. The lowest BCUT2D eigenvalue weighted by molar-refractivity contribution is -0.148. The Morgan fingerprint density at radius 3 is 2.52 bits per heavy atom. The second kappa shape index (κ2) is 6.43. The van der Waals surface area contributed by atoms with Crippen LogP contribution < -0.4 is 0 Å². The molecule has 0 spiro atoms. The van der Waals surface area contributed by atoms with Crippen LogP contribution in [0.15, 0.2) is 23.8 Å². The van der Waals surface area contributed by atoms with Crippen molar-refractivity contribution >= 4 is 11.9 Å². The summed E-state index contributed by atoms with van der Waals surface area (Å²) >= 11 is 0. The normalized spacial score (nSPS) is 29.1. The third kappa shape index (κ3) is 3.53. The van der Waals surface area contributed by atoms with E-state index in [2.05, 4.69) is 6.58 Å². The molecule has 4 unspecified atom stereocenters. The van der Waals surface area contributed by atoms with E-state index in [1.54, 1.807) is 19.9 Å². The van der Waals surface area contributed by atoms with Crippen LogP contribution in [0.25, 0.3) is 0 Å². The average Bonchev–Trinajstić information content (AvgIpc) is 3.24. The third-order valence-electron chi connectivity index (χ3n) is 4.09. The van der Waals surface area contributed by atoms with Gasteiger partial charge in [0.25, 0.3) is 0 Å². The van der Waals surface area contributed by atoms with Gasteiger partial charge in [0.1, 0.15) is 6.10 Å². The highest BCUT2D eigenvalue weighted by Crippen LogP contribution is 2.42. The molecule has 21 heavy (non-hydrogen) atoms. The zero-order valence-electron chi connectivity index (χ0n) is 12.8. The van der Waals surface area contributed by atoms with Gasteiger partial charge in [0.2, 0.25) is 0 Å². The van der Waals surface area contributed by atoms with Crippen molar-refractivity contribution < 1.29 is 23.8 Å². The smallest absolute Gasteiger partial charge is 0.337 e. The van der Waals surface area contributed by atoms with E-state index in [1.807, 2.05) is 0 Å². The SMILES string of the molecule is C=C(C)C(=O)OC(/C(=C\C)C(=O)OC)C1CCC2OC2C1. The molecule has 2 fully saturated rings. The van der Waals surface area contributed by atoms with E-state index in [-0.39, 0.29) is 12.0 Å². The molecule has 0 N–H and O–H groups in total. The first-order chi connectivity index (χ1) is 9.97. The summed E-state index contributed by atoms with van der Waals surface area (Å²) in [5.41, 5.74) is 0.702. The number of hydrogen-bond acceptors (Lipinski definition) is 5. The minimum Gasteiger partial charge on any atom is -0.466 e. The summed E-state index contributed by atoms with van der Waals surface area (Å²) in [6, 6.07) is 0. The van der Waals surface area contributed by atoms with Crippen LogP contribution >= 0.6 is 0 Å². The first-order valence-electron chi connectivity index (χ1n) is 7.24. The topological polar surface area (TPSA) is 65.1 Å². The van der Waals surface area contributed by atoms with Gasteiger partial charge >= 0.3 is 11.9 Å². The van der Waals surface area contributed by atoms with E-state index in [1.165, 1.54) is 7.11 Å². The molecule has 0 aromatic carbocycles. The number of allylic oxidation sites excluding steroid dienone is 1. The predicted octanol–water partition coefficient (Wildman–Crippen LogP) is 2.16. The molecule has 5 heteroatoms. The lowest BCUT2D eigenvalue weighted by atomic mass is 9.82. The van der Waals surface area contributed by atoms with Crippen LogP contribution in [0.5, 0.6) is 0 Å². The summed E-state index contributed by atoms with van der Waals surface area (Å²) in [6.07, 6.45) is 4.25. The first-order valence-corrected chi connectivity index (χ1v) is 7.24. The number of carbonyl (C=O) groups excluding carboxylic acids is 2. The van der Waals surface area contributed by atoms with E-state index in [4.69, 9.17) is 14.2 Å². The van der Waals surface area contributed by atoms with Crippen LogP contribution in [-0.2, 0) is 23.8 Å². The summed E-state index contributed by atoms with van der Waals surface area (Å²) in [5.74, 6) is -0.875. The van der Waals surface area contributed by atoms with Gasteiger partial charge < -0.3 is 14.2 Å². The molecule has 1 aliphatic heterocycles. The molecule has 0 radical (unpaired) electrons. The Labute approximate surface area is 124 Å². The minimum atomic E-state index is -0.600. The van der Waals surface area contributed by atoms with Crippen LogP contribution in [0.4, 0.5) is 0 Å². The van der Waals surface area contributed by atoms with Gasteiger partial charge in [-0.15, -0.1) is 0 Å². The quantitative estimate of drug-likeness (QED) is 0.441. The molecule has 0 bridgehead atoms. The van der Waals surface area contributed by atoms with Crippen LogP contribution in [0.2, 0.25) is 0 Å². The van der Waals surface area contributed by atoms with E-state index in [0.29, 0.717) is 17.3 Å². The number of carbonyl (C=O) groups is 2. The Morgan fingerprint density at radius 2 is 2.00 bits per heavy atom. The fourth-order valence-corrected chi connectivity index (χ4v) is 2.86. The number of esters is 2. The molecule has 1 aliphatic carbocycles. The van der Waals surface area contributed by atoms with Crippen molar-refractivity contribution in [2.45, 2.75) is 51.4 Å². The second-order valence-electron chi connectivity index (χ2n) is 5.63. The number of methoxy groups -OCH3 is 1. The zero-order valence-corrected chi connectivity index (χ0v) is 12.8. The molecular weight excluding hydrogens is 272 g/mol. The summed E-state index contributed by atoms with van der Waals surface area (Å²) in [7, 11) is 1.32. The summed E-state index contributed by atoms with van der Waals surface area (Å²) < 4.78 is 15.9. The fraction of sp³-hybridized carbons (Fsp3) is 0.625. The number of ether oxygens (including phenoxy) is 3. The van der Waals surface area contributed by atoms with Crippen molar-refractivity contribution in [2.75, 3.05) is 7.11 Å². The van der Waals surface area contributed by atoms with E-state index >= 15 is 0 Å². The minimum absolute atomic E-state index is 0.0716. The number of hydrogen-bond donors (Lipinski definition) is 0. The number of fused-ring (bicyclic) bond motifs is 1. The molecule has 0 amide bonds. The largest absolute Gasteiger partial charge is 0.466 e. The Balaban J connectivity index is 2.17. The molecule has 0 aromatic rings. The maximum atomic E-state index is 11.9. The molecule has 1 heterocycles. The Bertz CT molecular complexity index is 479.